The Hall–Kier alpha value is -0.200. The normalized spacial score (nSPS) is 28.6. The molecule has 0 aromatic carbocycles. The van der Waals surface area contributed by atoms with Gasteiger partial charge in [0.25, 0.3) is 0 Å². The molecule has 1 aliphatic heterocycles. The van der Waals surface area contributed by atoms with Crippen molar-refractivity contribution in [1.29, 1.82) is 0 Å². The molecular weight excluding hydrogens is 344 g/mol. The van der Waals surface area contributed by atoms with Crippen molar-refractivity contribution in [2.45, 2.75) is 134 Å². The second-order valence-corrected chi connectivity index (χ2v) is 8.15. The molecule has 162 valence electrons. The van der Waals surface area contributed by atoms with E-state index < -0.39 is 30.7 Å². The lowest BCUT2D eigenvalue weighted by atomic mass is 10.00. The Morgan fingerprint density at radius 1 is 0.630 bits per heavy atom. The van der Waals surface area contributed by atoms with Crippen molar-refractivity contribution in [3.63, 3.8) is 0 Å². The molecule has 5 nitrogen and oxygen atoms in total. The van der Waals surface area contributed by atoms with Gasteiger partial charge in [0.15, 0.2) is 6.29 Å². The molecule has 0 saturated carbocycles. The number of aliphatic hydroxyl groups is 3. The standard InChI is InChI=1S/C22H44O5/c1-3-4-5-6-7-8-9-10-11-12-13-14-15-16-17-26-22-21(25)20(24)19(23)18(2)27-22/h18-25H,3-17H2,1-2H3/t18?,19-,20-,21?,22+/m0/s1. The van der Waals surface area contributed by atoms with E-state index in [2.05, 4.69) is 6.92 Å². The Labute approximate surface area is 166 Å². The van der Waals surface area contributed by atoms with E-state index in [1.807, 2.05) is 0 Å². The highest BCUT2D eigenvalue weighted by molar-refractivity contribution is 4.87. The van der Waals surface area contributed by atoms with Gasteiger partial charge in [-0.3, -0.25) is 0 Å². The molecule has 1 heterocycles. The zero-order valence-corrected chi connectivity index (χ0v) is 17.7. The first-order chi connectivity index (χ1) is 13.1. The lowest BCUT2D eigenvalue weighted by Gasteiger charge is -2.38. The molecule has 27 heavy (non-hydrogen) atoms. The lowest BCUT2D eigenvalue weighted by molar-refractivity contribution is -0.293. The molecule has 2 unspecified atom stereocenters. The van der Waals surface area contributed by atoms with E-state index in [1.54, 1.807) is 6.92 Å². The van der Waals surface area contributed by atoms with Gasteiger partial charge in [0.2, 0.25) is 0 Å². The first kappa shape index (κ1) is 24.8. The quantitative estimate of drug-likeness (QED) is 0.343. The van der Waals surface area contributed by atoms with Gasteiger partial charge >= 0.3 is 0 Å². The Balaban J connectivity index is 1.85. The second-order valence-electron chi connectivity index (χ2n) is 8.15. The SMILES string of the molecule is CCCCCCCCCCCCCCCCO[C@@H]1OC(C)[C@H](O)[C@H](O)C1O. The average molecular weight is 389 g/mol. The van der Waals surface area contributed by atoms with Crippen LogP contribution in [0.15, 0.2) is 0 Å². The minimum Gasteiger partial charge on any atom is -0.388 e. The topological polar surface area (TPSA) is 79.2 Å². The average Bonchev–Trinajstić information content (AvgIpc) is 2.67. The molecule has 5 heteroatoms. The molecule has 3 N–H and O–H groups in total. The first-order valence-electron chi connectivity index (χ1n) is 11.4. The molecular formula is C22H44O5. The monoisotopic (exact) mass is 388 g/mol. The minimum atomic E-state index is -1.21. The van der Waals surface area contributed by atoms with Crippen LogP contribution in [0.3, 0.4) is 0 Å². The van der Waals surface area contributed by atoms with Crippen molar-refractivity contribution >= 4 is 0 Å². The predicted molar refractivity (Wildman–Crippen MR) is 109 cm³/mol. The van der Waals surface area contributed by atoms with Gasteiger partial charge in [0, 0.05) is 6.61 Å². The Morgan fingerprint density at radius 3 is 1.56 bits per heavy atom. The van der Waals surface area contributed by atoms with E-state index in [0.29, 0.717) is 6.61 Å². The van der Waals surface area contributed by atoms with Gasteiger partial charge in [-0.15, -0.1) is 0 Å². The van der Waals surface area contributed by atoms with Crippen molar-refractivity contribution in [2.24, 2.45) is 0 Å². The molecule has 5 atom stereocenters. The van der Waals surface area contributed by atoms with Crippen LogP contribution in [0.4, 0.5) is 0 Å². The molecule has 0 aliphatic carbocycles. The zero-order valence-electron chi connectivity index (χ0n) is 17.7. The lowest BCUT2D eigenvalue weighted by Crippen LogP contribution is -2.57. The Bertz CT molecular complexity index is 339. The second kappa shape index (κ2) is 15.7. The number of unbranched alkanes of at least 4 members (excludes halogenated alkanes) is 13. The maximum atomic E-state index is 9.88. The molecule has 0 amide bonds. The molecule has 1 rings (SSSR count). The maximum Gasteiger partial charge on any atom is 0.186 e. The minimum absolute atomic E-state index is 0.509. The van der Waals surface area contributed by atoms with Gasteiger partial charge in [-0.05, 0) is 13.3 Å². The van der Waals surface area contributed by atoms with Crippen LogP contribution in [0.2, 0.25) is 0 Å². The largest absolute Gasteiger partial charge is 0.388 e. The smallest absolute Gasteiger partial charge is 0.186 e. The summed E-state index contributed by atoms with van der Waals surface area (Å²) in [5.41, 5.74) is 0. The molecule has 0 aromatic heterocycles. The summed E-state index contributed by atoms with van der Waals surface area (Å²) < 4.78 is 11.0. The van der Waals surface area contributed by atoms with E-state index in [-0.39, 0.29) is 0 Å². The Morgan fingerprint density at radius 2 is 1.07 bits per heavy atom. The highest BCUT2D eigenvalue weighted by atomic mass is 16.7. The summed E-state index contributed by atoms with van der Waals surface area (Å²) >= 11 is 0. The summed E-state index contributed by atoms with van der Waals surface area (Å²) in [4.78, 5) is 0. The van der Waals surface area contributed by atoms with Crippen LogP contribution in [0.25, 0.3) is 0 Å². The Kier molecular flexibility index (Phi) is 14.4. The van der Waals surface area contributed by atoms with E-state index in [9.17, 15) is 15.3 Å². The van der Waals surface area contributed by atoms with Gasteiger partial charge < -0.3 is 24.8 Å². The zero-order chi connectivity index (χ0) is 19.9. The van der Waals surface area contributed by atoms with Crippen molar-refractivity contribution < 1.29 is 24.8 Å². The summed E-state index contributed by atoms with van der Waals surface area (Å²) in [6.07, 6.45) is 13.5. The van der Waals surface area contributed by atoms with Crippen molar-refractivity contribution in [2.75, 3.05) is 6.61 Å². The van der Waals surface area contributed by atoms with Gasteiger partial charge in [-0.25, -0.2) is 0 Å². The molecule has 0 aromatic rings. The summed E-state index contributed by atoms with van der Waals surface area (Å²) in [5.74, 6) is 0. The van der Waals surface area contributed by atoms with Crippen molar-refractivity contribution in [3.8, 4) is 0 Å². The third kappa shape index (κ3) is 10.8. The van der Waals surface area contributed by atoms with Gasteiger partial charge in [-0.2, -0.15) is 0 Å². The first-order valence-corrected chi connectivity index (χ1v) is 11.4. The summed E-state index contributed by atoms with van der Waals surface area (Å²) in [5, 5.41) is 29.3. The van der Waals surface area contributed by atoms with Crippen LogP contribution < -0.4 is 0 Å². The summed E-state index contributed by atoms with van der Waals surface area (Å²) in [7, 11) is 0. The van der Waals surface area contributed by atoms with E-state index >= 15 is 0 Å². The molecule has 1 aliphatic rings. The summed E-state index contributed by atoms with van der Waals surface area (Å²) in [6, 6.07) is 0. The molecule has 0 spiro atoms. The molecule has 1 saturated heterocycles. The molecule has 1 fully saturated rings. The predicted octanol–water partition coefficient (Wildman–Crippen LogP) is 4.31. The number of aliphatic hydroxyl groups excluding tert-OH is 3. The fourth-order valence-corrected chi connectivity index (χ4v) is 3.65. The van der Waals surface area contributed by atoms with Crippen LogP contribution in [-0.4, -0.2) is 52.6 Å². The van der Waals surface area contributed by atoms with Crippen molar-refractivity contribution in [3.05, 3.63) is 0 Å². The third-order valence-corrected chi connectivity index (χ3v) is 5.59. The van der Waals surface area contributed by atoms with Crippen LogP contribution in [-0.2, 0) is 9.47 Å². The highest BCUT2D eigenvalue weighted by Crippen LogP contribution is 2.22. The van der Waals surface area contributed by atoms with E-state index in [0.717, 1.165) is 12.8 Å². The highest BCUT2D eigenvalue weighted by Gasteiger charge is 2.42. The summed E-state index contributed by atoms with van der Waals surface area (Å²) in [6.45, 7) is 4.44. The maximum absolute atomic E-state index is 9.88. The van der Waals surface area contributed by atoms with Crippen LogP contribution in [0, 0.1) is 0 Å². The van der Waals surface area contributed by atoms with Gasteiger partial charge in [0.05, 0.1) is 6.10 Å². The number of hydrogen-bond acceptors (Lipinski definition) is 5. The van der Waals surface area contributed by atoms with E-state index in [4.69, 9.17) is 9.47 Å². The van der Waals surface area contributed by atoms with Crippen LogP contribution >= 0.6 is 0 Å². The van der Waals surface area contributed by atoms with Crippen molar-refractivity contribution in [1.82, 2.24) is 0 Å². The number of ether oxygens (including phenoxy) is 2. The number of hydrogen-bond donors (Lipinski definition) is 3. The molecule has 0 bridgehead atoms. The van der Waals surface area contributed by atoms with Crippen LogP contribution in [0.5, 0.6) is 0 Å². The fraction of sp³-hybridized carbons (Fsp3) is 1.00. The van der Waals surface area contributed by atoms with Gasteiger partial charge in [0.1, 0.15) is 18.3 Å². The van der Waals surface area contributed by atoms with Crippen LogP contribution in [0.1, 0.15) is 104 Å². The third-order valence-electron chi connectivity index (χ3n) is 5.59. The van der Waals surface area contributed by atoms with Gasteiger partial charge in [-0.1, -0.05) is 90.4 Å². The van der Waals surface area contributed by atoms with E-state index in [1.165, 1.54) is 77.0 Å². The fourth-order valence-electron chi connectivity index (χ4n) is 3.65. The molecule has 0 radical (unpaired) electrons. The number of rotatable bonds is 16.